The summed E-state index contributed by atoms with van der Waals surface area (Å²) in [6.07, 6.45) is 3.79. The van der Waals surface area contributed by atoms with E-state index in [0.29, 0.717) is 0 Å². The molecule has 2 amide bonds. The maximum Gasteiger partial charge on any atom is 0.244 e. The number of amides is 2. The number of nitrogens with zero attached hydrogens (tertiary/aromatic N) is 1. The fraction of sp³-hybridized carbons (Fsp3) is 0.846. The molecule has 0 aromatic rings. The summed E-state index contributed by atoms with van der Waals surface area (Å²) in [6.45, 7) is 5.63. The summed E-state index contributed by atoms with van der Waals surface area (Å²) in [5, 5.41) is 3.06. The maximum atomic E-state index is 12.4. The Morgan fingerprint density at radius 2 is 1.94 bits per heavy atom. The normalized spacial score (nSPS) is 27.9. The highest BCUT2D eigenvalue weighted by molar-refractivity contribution is 5.94. The number of nitrogens with two attached hydrogens (primary N) is 1. The van der Waals surface area contributed by atoms with Gasteiger partial charge in [-0.15, -0.1) is 0 Å². The first-order valence-corrected chi connectivity index (χ1v) is 6.80. The third kappa shape index (κ3) is 1.90. The molecule has 5 heteroatoms. The summed E-state index contributed by atoms with van der Waals surface area (Å²) in [5.74, 6) is -0.0393. The Balaban J connectivity index is 2.37. The second-order valence-corrected chi connectivity index (χ2v) is 5.91. The monoisotopic (exact) mass is 253 g/mol. The third-order valence-electron chi connectivity index (χ3n) is 4.05. The first-order chi connectivity index (χ1) is 8.39. The molecule has 5 nitrogen and oxygen atoms in total. The van der Waals surface area contributed by atoms with Crippen molar-refractivity contribution in [3.8, 4) is 0 Å². The molecule has 3 N–H and O–H groups in total. The number of nitrogens with one attached hydrogen (secondary N) is 1. The van der Waals surface area contributed by atoms with Crippen molar-refractivity contribution < 1.29 is 9.59 Å². The quantitative estimate of drug-likeness (QED) is 0.756. The van der Waals surface area contributed by atoms with Crippen molar-refractivity contribution in [2.75, 3.05) is 0 Å². The molecule has 18 heavy (non-hydrogen) atoms. The molecule has 0 aromatic heterocycles. The van der Waals surface area contributed by atoms with Crippen LogP contribution in [-0.2, 0) is 9.59 Å². The van der Waals surface area contributed by atoms with Crippen LogP contribution < -0.4 is 11.1 Å². The number of carbonyl (C=O) groups excluding carboxylic acids is 2. The predicted molar refractivity (Wildman–Crippen MR) is 68.5 cm³/mol. The minimum atomic E-state index is -0.559. The molecule has 102 valence electrons. The molecule has 2 atom stereocenters. The van der Waals surface area contributed by atoms with E-state index in [9.17, 15) is 9.59 Å². The largest absolute Gasteiger partial charge is 0.331 e. The minimum absolute atomic E-state index is 0.0269. The van der Waals surface area contributed by atoms with Crippen LogP contribution >= 0.6 is 0 Å². The molecule has 0 aromatic carbocycles. The zero-order chi connectivity index (χ0) is 13.5. The van der Waals surface area contributed by atoms with Crippen LogP contribution in [0.1, 0.15) is 46.5 Å². The molecule has 1 saturated heterocycles. The average Bonchev–Trinajstić information content (AvgIpc) is 2.83. The van der Waals surface area contributed by atoms with Crippen LogP contribution in [0.15, 0.2) is 0 Å². The minimum Gasteiger partial charge on any atom is -0.331 e. The van der Waals surface area contributed by atoms with Crippen molar-refractivity contribution in [3.05, 3.63) is 0 Å². The van der Waals surface area contributed by atoms with Gasteiger partial charge in [0.25, 0.3) is 0 Å². The van der Waals surface area contributed by atoms with E-state index in [0.717, 1.165) is 25.7 Å². The van der Waals surface area contributed by atoms with Gasteiger partial charge in [0.15, 0.2) is 0 Å². The molecule has 0 radical (unpaired) electrons. The SMILES string of the molecule is CC(N)C(=O)N1C(C(C)C)C(=O)NC12CCCC2. The van der Waals surface area contributed by atoms with Crippen molar-refractivity contribution >= 4 is 11.8 Å². The van der Waals surface area contributed by atoms with Crippen molar-refractivity contribution in [1.29, 1.82) is 0 Å². The number of rotatable bonds is 2. The first kappa shape index (κ1) is 13.3. The Labute approximate surface area is 108 Å². The number of hydrogen-bond donors (Lipinski definition) is 2. The lowest BCUT2D eigenvalue weighted by atomic mass is 10.00. The van der Waals surface area contributed by atoms with Crippen LogP contribution in [0.4, 0.5) is 0 Å². The van der Waals surface area contributed by atoms with Crippen LogP contribution in [0.2, 0.25) is 0 Å². The topological polar surface area (TPSA) is 75.4 Å². The summed E-state index contributed by atoms with van der Waals surface area (Å²) in [6, 6.07) is -0.932. The molecular formula is C13H23N3O2. The molecule has 1 heterocycles. The Hall–Kier alpha value is -1.10. The van der Waals surface area contributed by atoms with E-state index >= 15 is 0 Å². The molecule has 1 aliphatic carbocycles. The van der Waals surface area contributed by atoms with Crippen LogP contribution in [0.25, 0.3) is 0 Å². The van der Waals surface area contributed by atoms with Gasteiger partial charge < -0.3 is 16.0 Å². The predicted octanol–water partition coefficient (Wildman–Crippen LogP) is 0.587. The summed E-state index contributed by atoms with van der Waals surface area (Å²) >= 11 is 0. The Bertz CT molecular complexity index is 359. The second-order valence-electron chi connectivity index (χ2n) is 5.91. The van der Waals surface area contributed by atoms with E-state index in [1.54, 1.807) is 11.8 Å². The van der Waals surface area contributed by atoms with Gasteiger partial charge in [0.1, 0.15) is 11.7 Å². The summed E-state index contributed by atoms with van der Waals surface area (Å²) in [5.41, 5.74) is 5.28. The van der Waals surface area contributed by atoms with Gasteiger partial charge in [-0.3, -0.25) is 9.59 Å². The standard InChI is InChI=1S/C13H23N3O2/c1-8(2)10-11(17)15-13(6-4-5-7-13)16(10)12(18)9(3)14/h8-10H,4-7,14H2,1-3H3,(H,15,17). The maximum absolute atomic E-state index is 12.4. The smallest absolute Gasteiger partial charge is 0.244 e. The molecular weight excluding hydrogens is 230 g/mol. The molecule has 0 bridgehead atoms. The van der Waals surface area contributed by atoms with Gasteiger partial charge in [-0.05, 0) is 38.5 Å². The van der Waals surface area contributed by atoms with Crippen molar-refractivity contribution in [1.82, 2.24) is 10.2 Å². The van der Waals surface area contributed by atoms with E-state index < -0.39 is 11.7 Å². The number of carbonyl (C=O) groups is 2. The molecule has 1 saturated carbocycles. The second kappa shape index (κ2) is 4.53. The van der Waals surface area contributed by atoms with Gasteiger partial charge in [0.2, 0.25) is 11.8 Å². The van der Waals surface area contributed by atoms with E-state index in [-0.39, 0.29) is 23.8 Å². The van der Waals surface area contributed by atoms with E-state index in [1.807, 2.05) is 13.8 Å². The van der Waals surface area contributed by atoms with E-state index in [1.165, 1.54) is 0 Å². The van der Waals surface area contributed by atoms with Crippen LogP contribution in [0.3, 0.4) is 0 Å². The van der Waals surface area contributed by atoms with Crippen molar-refractivity contribution in [2.24, 2.45) is 11.7 Å². The lowest BCUT2D eigenvalue weighted by molar-refractivity contribution is -0.141. The first-order valence-electron chi connectivity index (χ1n) is 6.80. The lowest BCUT2D eigenvalue weighted by Crippen LogP contribution is -2.58. The van der Waals surface area contributed by atoms with Gasteiger partial charge in [-0.1, -0.05) is 13.8 Å². The lowest BCUT2D eigenvalue weighted by Gasteiger charge is -2.38. The molecule has 2 rings (SSSR count). The van der Waals surface area contributed by atoms with Crippen LogP contribution in [-0.4, -0.2) is 34.5 Å². The zero-order valence-corrected chi connectivity index (χ0v) is 11.4. The van der Waals surface area contributed by atoms with Gasteiger partial charge in [-0.25, -0.2) is 0 Å². The molecule has 2 unspecified atom stereocenters. The van der Waals surface area contributed by atoms with Crippen molar-refractivity contribution in [3.63, 3.8) is 0 Å². The van der Waals surface area contributed by atoms with Gasteiger partial charge in [0, 0.05) is 0 Å². The van der Waals surface area contributed by atoms with Crippen LogP contribution in [0.5, 0.6) is 0 Å². The summed E-state index contributed by atoms with van der Waals surface area (Å²) < 4.78 is 0. The fourth-order valence-electron chi connectivity index (χ4n) is 3.24. The van der Waals surface area contributed by atoms with Gasteiger partial charge in [-0.2, -0.15) is 0 Å². The molecule has 2 aliphatic rings. The zero-order valence-electron chi connectivity index (χ0n) is 11.4. The Kier molecular flexibility index (Phi) is 3.36. The van der Waals surface area contributed by atoms with E-state index in [4.69, 9.17) is 5.73 Å². The fourth-order valence-corrected chi connectivity index (χ4v) is 3.24. The average molecular weight is 253 g/mol. The van der Waals surface area contributed by atoms with E-state index in [2.05, 4.69) is 5.32 Å². The Morgan fingerprint density at radius 1 is 1.39 bits per heavy atom. The highest BCUT2D eigenvalue weighted by atomic mass is 16.2. The molecule has 2 fully saturated rings. The molecule has 1 aliphatic heterocycles. The number of hydrogen-bond acceptors (Lipinski definition) is 3. The van der Waals surface area contributed by atoms with Crippen LogP contribution in [0, 0.1) is 5.92 Å². The van der Waals surface area contributed by atoms with Gasteiger partial charge >= 0.3 is 0 Å². The Morgan fingerprint density at radius 3 is 2.39 bits per heavy atom. The molecule has 1 spiro atoms. The van der Waals surface area contributed by atoms with Crippen molar-refractivity contribution in [2.45, 2.75) is 64.2 Å². The third-order valence-corrected chi connectivity index (χ3v) is 4.05. The summed E-state index contributed by atoms with van der Waals surface area (Å²) in [4.78, 5) is 26.3. The summed E-state index contributed by atoms with van der Waals surface area (Å²) in [7, 11) is 0. The van der Waals surface area contributed by atoms with Gasteiger partial charge in [0.05, 0.1) is 6.04 Å². The highest BCUT2D eigenvalue weighted by Gasteiger charge is 2.55. The highest BCUT2D eigenvalue weighted by Crippen LogP contribution is 2.40.